The molecule has 1 aliphatic carbocycles. The molecule has 0 bridgehead atoms. The van der Waals surface area contributed by atoms with E-state index in [4.69, 9.17) is 4.74 Å². The highest BCUT2D eigenvalue weighted by Gasteiger charge is 2.44. The minimum absolute atomic E-state index is 0.0236. The highest BCUT2D eigenvalue weighted by Crippen LogP contribution is 2.44. The summed E-state index contributed by atoms with van der Waals surface area (Å²) in [4.78, 5) is 4.26. The molecule has 3 heteroatoms. The highest BCUT2D eigenvalue weighted by molar-refractivity contribution is 5.24. The standard InChI is InChI=1S/C13H20N2O/c1-10-7-11(9-15-8-10)12(14-2)13(16-3)5-4-6-13/h7-9,12,14H,4-6H2,1-3H3. The normalized spacial score (nSPS) is 20.2. The minimum atomic E-state index is -0.0236. The van der Waals surface area contributed by atoms with Gasteiger partial charge in [0.25, 0.3) is 0 Å². The van der Waals surface area contributed by atoms with Crippen molar-refractivity contribution in [3.05, 3.63) is 29.6 Å². The molecule has 0 aliphatic heterocycles. The predicted octanol–water partition coefficient (Wildman–Crippen LogP) is 2.22. The van der Waals surface area contributed by atoms with E-state index in [1.165, 1.54) is 17.5 Å². The second kappa shape index (κ2) is 4.52. The molecule has 0 radical (unpaired) electrons. The maximum absolute atomic E-state index is 5.73. The quantitative estimate of drug-likeness (QED) is 0.845. The summed E-state index contributed by atoms with van der Waals surface area (Å²) in [7, 11) is 3.80. The van der Waals surface area contributed by atoms with E-state index in [1.807, 2.05) is 26.6 Å². The number of aromatic nitrogens is 1. The minimum Gasteiger partial charge on any atom is -0.376 e. The van der Waals surface area contributed by atoms with Crippen molar-refractivity contribution in [2.75, 3.05) is 14.2 Å². The number of aryl methyl sites for hydroxylation is 1. The first-order valence-electron chi connectivity index (χ1n) is 5.86. The van der Waals surface area contributed by atoms with E-state index in [-0.39, 0.29) is 11.6 Å². The van der Waals surface area contributed by atoms with E-state index in [9.17, 15) is 0 Å². The third-order valence-electron chi connectivity index (χ3n) is 3.65. The zero-order valence-electron chi connectivity index (χ0n) is 10.3. The van der Waals surface area contributed by atoms with Gasteiger partial charge in [0, 0.05) is 19.5 Å². The zero-order chi connectivity index (χ0) is 11.6. The van der Waals surface area contributed by atoms with E-state index in [1.54, 1.807) is 0 Å². The average molecular weight is 220 g/mol. The van der Waals surface area contributed by atoms with E-state index in [0.29, 0.717) is 0 Å². The molecule has 1 aliphatic rings. The maximum atomic E-state index is 5.73. The number of likely N-dealkylation sites (N-methyl/N-ethyl adjacent to an activating group) is 1. The van der Waals surface area contributed by atoms with Gasteiger partial charge in [0.1, 0.15) is 0 Å². The van der Waals surface area contributed by atoms with E-state index in [0.717, 1.165) is 12.8 Å². The highest BCUT2D eigenvalue weighted by atomic mass is 16.5. The van der Waals surface area contributed by atoms with E-state index < -0.39 is 0 Å². The first-order chi connectivity index (χ1) is 7.72. The Kier molecular flexibility index (Phi) is 3.26. The van der Waals surface area contributed by atoms with Gasteiger partial charge in [0.15, 0.2) is 0 Å². The summed E-state index contributed by atoms with van der Waals surface area (Å²) >= 11 is 0. The van der Waals surface area contributed by atoms with Gasteiger partial charge in [-0.2, -0.15) is 0 Å². The summed E-state index contributed by atoms with van der Waals surface area (Å²) in [6, 6.07) is 2.44. The Morgan fingerprint density at radius 2 is 2.19 bits per heavy atom. The fraction of sp³-hybridized carbons (Fsp3) is 0.615. The maximum Gasteiger partial charge on any atom is 0.0873 e. The number of methoxy groups -OCH3 is 1. The molecule has 2 rings (SSSR count). The number of pyridine rings is 1. The van der Waals surface area contributed by atoms with Gasteiger partial charge in [-0.05, 0) is 44.4 Å². The number of hydrogen-bond acceptors (Lipinski definition) is 3. The van der Waals surface area contributed by atoms with Crippen molar-refractivity contribution < 1.29 is 4.74 Å². The van der Waals surface area contributed by atoms with Crippen molar-refractivity contribution in [1.82, 2.24) is 10.3 Å². The summed E-state index contributed by atoms with van der Waals surface area (Å²) in [6.45, 7) is 2.07. The fourth-order valence-electron chi connectivity index (χ4n) is 2.61. The molecule has 0 aromatic carbocycles. The number of rotatable bonds is 4. The summed E-state index contributed by atoms with van der Waals surface area (Å²) in [5, 5.41) is 3.37. The van der Waals surface area contributed by atoms with Crippen LogP contribution in [0, 0.1) is 6.92 Å². The van der Waals surface area contributed by atoms with Crippen LogP contribution in [0.15, 0.2) is 18.5 Å². The van der Waals surface area contributed by atoms with Crippen LogP contribution in [0.25, 0.3) is 0 Å². The third-order valence-corrected chi connectivity index (χ3v) is 3.65. The lowest BCUT2D eigenvalue weighted by Crippen LogP contribution is -2.49. The number of hydrogen-bond donors (Lipinski definition) is 1. The Bertz CT molecular complexity index is 355. The monoisotopic (exact) mass is 220 g/mol. The smallest absolute Gasteiger partial charge is 0.0873 e. The lowest BCUT2D eigenvalue weighted by Gasteiger charge is -2.46. The van der Waals surface area contributed by atoms with Gasteiger partial charge in [0.2, 0.25) is 0 Å². The molecule has 1 unspecified atom stereocenters. The molecular formula is C13H20N2O. The first kappa shape index (κ1) is 11.6. The van der Waals surface area contributed by atoms with E-state index >= 15 is 0 Å². The lowest BCUT2D eigenvalue weighted by atomic mass is 9.72. The Hall–Kier alpha value is -0.930. The number of nitrogens with one attached hydrogen (secondary N) is 1. The predicted molar refractivity (Wildman–Crippen MR) is 64.4 cm³/mol. The van der Waals surface area contributed by atoms with Crippen molar-refractivity contribution in [1.29, 1.82) is 0 Å². The van der Waals surface area contributed by atoms with Gasteiger partial charge in [-0.3, -0.25) is 4.98 Å². The molecule has 1 atom stereocenters. The summed E-state index contributed by atoms with van der Waals surface area (Å²) in [5.41, 5.74) is 2.40. The van der Waals surface area contributed by atoms with Crippen molar-refractivity contribution in [2.45, 2.75) is 37.8 Å². The lowest BCUT2D eigenvalue weighted by molar-refractivity contribution is -0.0983. The van der Waals surface area contributed by atoms with Crippen molar-refractivity contribution >= 4 is 0 Å². The topological polar surface area (TPSA) is 34.2 Å². The molecule has 1 N–H and O–H groups in total. The van der Waals surface area contributed by atoms with Gasteiger partial charge >= 0.3 is 0 Å². The van der Waals surface area contributed by atoms with Crippen LogP contribution >= 0.6 is 0 Å². The Morgan fingerprint density at radius 1 is 1.44 bits per heavy atom. The second-order valence-electron chi connectivity index (χ2n) is 4.64. The van der Waals surface area contributed by atoms with Crippen LogP contribution in [0.5, 0.6) is 0 Å². The van der Waals surface area contributed by atoms with Crippen LogP contribution in [0.1, 0.15) is 36.4 Å². The third kappa shape index (κ3) is 1.85. The Morgan fingerprint density at radius 3 is 2.62 bits per heavy atom. The molecule has 1 aromatic heterocycles. The molecule has 0 spiro atoms. The van der Waals surface area contributed by atoms with Crippen LogP contribution < -0.4 is 5.32 Å². The number of nitrogens with zero attached hydrogens (tertiary/aromatic N) is 1. The second-order valence-corrected chi connectivity index (χ2v) is 4.64. The Balaban J connectivity index is 2.28. The van der Waals surface area contributed by atoms with Crippen LogP contribution in [0.2, 0.25) is 0 Å². The molecule has 3 nitrogen and oxygen atoms in total. The molecule has 88 valence electrons. The van der Waals surface area contributed by atoms with Gasteiger partial charge in [-0.15, -0.1) is 0 Å². The van der Waals surface area contributed by atoms with Crippen LogP contribution in [0.3, 0.4) is 0 Å². The number of ether oxygens (including phenoxy) is 1. The first-order valence-corrected chi connectivity index (χ1v) is 5.86. The molecule has 0 saturated heterocycles. The van der Waals surface area contributed by atoms with Crippen LogP contribution in [0.4, 0.5) is 0 Å². The van der Waals surface area contributed by atoms with Crippen LogP contribution in [-0.2, 0) is 4.74 Å². The summed E-state index contributed by atoms with van der Waals surface area (Å²) in [6.07, 6.45) is 7.33. The SMILES string of the molecule is CNC(c1cncc(C)c1)C1(OC)CCC1. The molecular weight excluding hydrogens is 200 g/mol. The molecule has 1 saturated carbocycles. The van der Waals surface area contributed by atoms with Crippen LogP contribution in [-0.4, -0.2) is 24.7 Å². The average Bonchev–Trinajstić information content (AvgIpc) is 2.23. The molecule has 0 amide bonds. The van der Waals surface area contributed by atoms with Gasteiger partial charge in [-0.25, -0.2) is 0 Å². The van der Waals surface area contributed by atoms with Crippen molar-refractivity contribution in [3.8, 4) is 0 Å². The van der Waals surface area contributed by atoms with Gasteiger partial charge < -0.3 is 10.1 Å². The van der Waals surface area contributed by atoms with Gasteiger partial charge in [-0.1, -0.05) is 6.07 Å². The summed E-state index contributed by atoms with van der Waals surface area (Å²) in [5.74, 6) is 0. The largest absolute Gasteiger partial charge is 0.376 e. The van der Waals surface area contributed by atoms with Gasteiger partial charge in [0.05, 0.1) is 11.6 Å². The zero-order valence-corrected chi connectivity index (χ0v) is 10.3. The molecule has 1 fully saturated rings. The summed E-state index contributed by atoms with van der Waals surface area (Å²) < 4.78 is 5.73. The molecule has 1 heterocycles. The van der Waals surface area contributed by atoms with Crippen molar-refractivity contribution in [2.24, 2.45) is 0 Å². The Labute approximate surface area is 97.2 Å². The molecule has 1 aromatic rings. The molecule has 16 heavy (non-hydrogen) atoms. The van der Waals surface area contributed by atoms with Crippen molar-refractivity contribution in [3.63, 3.8) is 0 Å². The van der Waals surface area contributed by atoms with E-state index in [2.05, 4.69) is 23.3 Å². The fourth-order valence-corrected chi connectivity index (χ4v) is 2.61.